The van der Waals surface area contributed by atoms with Crippen molar-refractivity contribution in [3.8, 4) is 0 Å². The predicted molar refractivity (Wildman–Crippen MR) is 102 cm³/mol. The number of nitrogens with zero attached hydrogens (tertiary/aromatic N) is 3. The fraction of sp³-hybridized carbons (Fsp3) is 0.524. The van der Waals surface area contributed by atoms with Crippen molar-refractivity contribution in [2.24, 2.45) is 0 Å². The van der Waals surface area contributed by atoms with E-state index in [0.29, 0.717) is 17.9 Å². The van der Waals surface area contributed by atoms with E-state index in [1.807, 2.05) is 36.2 Å². The van der Waals surface area contributed by atoms with Gasteiger partial charge in [-0.2, -0.15) is 0 Å². The van der Waals surface area contributed by atoms with E-state index in [4.69, 9.17) is 4.42 Å². The lowest BCUT2D eigenvalue weighted by Gasteiger charge is -2.37. The molecule has 1 aliphatic rings. The first kappa shape index (κ1) is 18.6. The van der Waals surface area contributed by atoms with E-state index in [1.54, 1.807) is 6.20 Å². The van der Waals surface area contributed by atoms with Crippen LogP contribution in [0.15, 0.2) is 35.0 Å². The Morgan fingerprint density at radius 2 is 2.12 bits per heavy atom. The van der Waals surface area contributed by atoms with Crippen LogP contribution in [0.1, 0.15) is 60.0 Å². The van der Waals surface area contributed by atoms with Gasteiger partial charge in [0.15, 0.2) is 0 Å². The molecular formula is C21H29N3O2. The number of rotatable bonds is 5. The Kier molecular flexibility index (Phi) is 5.77. The van der Waals surface area contributed by atoms with Gasteiger partial charge in [-0.25, -0.2) is 0 Å². The minimum absolute atomic E-state index is 0.0663. The first-order chi connectivity index (χ1) is 12.5. The monoisotopic (exact) mass is 355 g/mol. The van der Waals surface area contributed by atoms with E-state index < -0.39 is 0 Å². The second-order valence-electron chi connectivity index (χ2n) is 7.60. The van der Waals surface area contributed by atoms with Gasteiger partial charge in [0, 0.05) is 30.9 Å². The molecule has 26 heavy (non-hydrogen) atoms. The van der Waals surface area contributed by atoms with Crippen LogP contribution in [0, 0.1) is 6.92 Å². The van der Waals surface area contributed by atoms with Gasteiger partial charge in [0.05, 0.1) is 5.56 Å². The highest BCUT2D eigenvalue weighted by atomic mass is 16.3. The number of carbonyl (C=O) groups is 1. The van der Waals surface area contributed by atoms with E-state index >= 15 is 0 Å². The summed E-state index contributed by atoms with van der Waals surface area (Å²) in [5.74, 6) is 1.92. The number of amides is 1. The molecule has 0 spiro atoms. The highest BCUT2D eigenvalue weighted by Crippen LogP contribution is 2.26. The van der Waals surface area contributed by atoms with Crippen LogP contribution in [-0.4, -0.2) is 46.9 Å². The van der Waals surface area contributed by atoms with Crippen LogP contribution < -0.4 is 0 Å². The molecule has 2 aromatic heterocycles. The maximum absolute atomic E-state index is 13.4. The molecule has 3 rings (SSSR count). The van der Waals surface area contributed by atoms with Crippen molar-refractivity contribution in [1.29, 1.82) is 0 Å². The topological polar surface area (TPSA) is 49.6 Å². The third kappa shape index (κ3) is 4.15. The van der Waals surface area contributed by atoms with Crippen LogP contribution in [0.3, 0.4) is 0 Å². The van der Waals surface area contributed by atoms with Gasteiger partial charge in [-0.05, 0) is 57.6 Å². The molecule has 1 amide bonds. The molecule has 3 heterocycles. The van der Waals surface area contributed by atoms with Crippen molar-refractivity contribution in [1.82, 2.24) is 14.8 Å². The summed E-state index contributed by atoms with van der Waals surface area (Å²) in [4.78, 5) is 22.0. The highest BCUT2D eigenvalue weighted by molar-refractivity contribution is 5.95. The number of furan rings is 1. The highest BCUT2D eigenvalue weighted by Gasteiger charge is 2.30. The molecular weight excluding hydrogens is 326 g/mol. The average Bonchev–Trinajstić information content (AvgIpc) is 3.03. The average molecular weight is 355 g/mol. The maximum Gasteiger partial charge on any atom is 0.257 e. The fourth-order valence-corrected chi connectivity index (χ4v) is 3.52. The summed E-state index contributed by atoms with van der Waals surface area (Å²) in [6.45, 7) is 8.67. The summed E-state index contributed by atoms with van der Waals surface area (Å²) in [7, 11) is 2.14. The zero-order valence-corrected chi connectivity index (χ0v) is 16.2. The molecule has 1 aliphatic heterocycles. The van der Waals surface area contributed by atoms with Crippen molar-refractivity contribution in [3.63, 3.8) is 0 Å². The summed E-state index contributed by atoms with van der Waals surface area (Å²) in [5, 5.41) is 0. The Morgan fingerprint density at radius 3 is 2.69 bits per heavy atom. The quantitative estimate of drug-likeness (QED) is 0.817. The van der Waals surface area contributed by atoms with Crippen LogP contribution >= 0.6 is 0 Å². The van der Waals surface area contributed by atoms with Gasteiger partial charge in [-0.1, -0.05) is 19.9 Å². The lowest BCUT2D eigenvalue weighted by atomic mass is 10.0. The molecule has 1 fully saturated rings. The Bertz CT molecular complexity index is 731. The largest absolute Gasteiger partial charge is 0.465 e. The number of hydrogen-bond donors (Lipinski definition) is 0. The molecule has 140 valence electrons. The molecule has 2 aromatic rings. The van der Waals surface area contributed by atoms with Gasteiger partial charge in [-0.3, -0.25) is 9.78 Å². The van der Waals surface area contributed by atoms with E-state index in [1.165, 1.54) is 0 Å². The van der Waals surface area contributed by atoms with E-state index in [2.05, 4.69) is 30.8 Å². The van der Waals surface area contributed by atoms with Crippen molar-refractivity contribution < 1.29 is 9.21 Å². The second kappa shape index (κ2) is 8.04. The smallest absolute Gasteiger partial charge is 0.257 e. The molecule has 0 bridgehead atoms. The fourth-order valence-electron chi connectivity index (χ4n) is 3.52. The van der Waals surface area contributed by atoms with Gasteiger partial charge in [0.1, 0.15) is 11.5 Å². The Hall–Kier alpha value is -2.14. The second-order valence-corrected chi connectivity index (χ2v) is 7.60. The Balaban J connectivity index is 1.87. The molecule has 0 atom stereocenters. The number of likely N-dealkylation sites (tertiary alicyclic amines) is 1. The standard InChI is InChI=1S/C21H29N3O2/c1-15(2)20-12-19(16(3)26-20)21(25)24(14-17-6-5-9-22-13-17)18-7-10-23(4)11-8-18/h5-6,9,12-13,15,18H,7-8,10-11,14H2,1-4H3. The Morgan fingerprint density at radius 1 is 1.38 bits per heavy atom. The van der Waals surface area contributed by atoms with Crippen LogP contribution in [-0.2, 0) is 6.54 Å². The third-order valence-corrected chi connectivity index (χ3v) is 5.20. The SMILES string of the molecule is Cc1oc(C(C)C)cc1C(=O)N(Cc1cccnc1)C1CCN(C)CC1. The van der Waals surface area contributed by atoms with Crippen molar-refractivity contribution in [2.75, 3.05) is 20.1 Å². The summed E-state index contributed by atoms with van der Waals surface area (Å²) in [6.07, 6.45) is 5.60. The first-order valence-electron chi connectivity index (χ1n) is 9.44. The number of piperidine rings is 1. The summed E-state index contributed by atoms with van der Waals surface area (Å²) >= 11 is 0. The van der Waals surface area contributed by atoms with Crippen molar-refractivity contribution >= 4 is 5.91 Å². The van der Waals surface area contributed by atoms with Crippen LogP contribution in [0.2, 0.25) is 0 Å². The number of pyridine rings is 1. The van der Waals surface area contributed by atoms with Crippen LogP contribution in [0.4, 0.5) is 0 Å². The van der Waals surface area contributed by atoms with Crippen LogP contribution in [0.5, 0.6) is 0 Å². The minimum Gasteiger partial charge on any atom is -0.465 e. The zero-order valence-electron chi connectivity index (χ0n) is 16.2. The number of aryl methyl sites for hydroxylation is 1. The van der Waals surface area contributed by atoms with Crippen molar-refractivity contribution in [2.45, 2.75) is 52.1 Å². The predicted octanol–water partition coefficient (Wildman–Crippen LogP) is 3.84. The Labute approximate surface area is 156 Å². The molecule has 0 radical (unpaired) electrons. The summed E-state index contributed by atoms with van der Waals surface area (Å²) in [6, 6.07) is 6.13. The number of carbonyl (C=O) groups excluding carboxylic acids is 1. The molecule has 5 heteroatoms. The summed E-state index contributed by atoms with van der Waals surface area (Å²) < 4.78 is 5.83. The first-order valence-corrected chi connectivity index (χ1v) is 9.44. The molecule has 0 unspecified atom stereocenters. The lowest BCUT2D eigenvalue weighted by molar-refractivity contribution is 0.0567. The van der Waals surface area contributed by atoms with Gasteiger partial charge in [0.2, 0.25) is 0 Å². The van der Waals surface area contributed by atoms with Gasteiger partial charge in [-0.15, -0.1) is 0 Å². The molecule has 0 saturated carbocycles. The minimum atomic E-state index is 0.0663. The van der Waals surface area contributed by atoms with Gasteiger partial charge in [0.25, 0.3) is 5.91 Å². The molecule has 0 aliphatic carbocycles. The molecule has 0 aromatic carbocycles. The van der Waals surface area contributed by atoms with E-state index in [9.17, 15) is 4.79 Å². The van der Waals surface area contributed by atoms with Crippen LogP contribution in [0.25, 0.3) is 0 Å². The maximum atomic E-state index is 13.4. The van der Waals surface area contributed by atoms with E-state index in [-0.39, 0.29) is 17.9 Å². The normalized spacial score (nSPS) is 16.2. The van der Waals surface area contributed by atoms with E-state index in [0.717, 1.165) is 37.3 Å². The summed E-state index contributed by atoms with van der Waals surface area (Å²) in [5.41, 5.74) is 1.75. The molecule has 1 saturated heterocycles. The molecule has 0 N–H and O–H groups in total. The molecule has 5 nitrogen and oxygen atoms in total. The van der Waals surface area contributed by atoms with Crippen molar-refractivity contribution in [3.05, 3.63) is 53.2 Å². The zero-order chi connectivity index (χ0) is 18.7. The third-order valence-electron chi connectivity index (χ3n) is 5.20. The van der Waals surface area contributed by atoms with Gasteiger partial charge >= 0.3 is 0 Å². The number of hydrogen-bond acceptors (Lipinski definition) is 4. The number of aromatic nitrogens is 1. The lowest BCUT2D eigenvalue weighted by Crippen LogP contribution is -2.46. The van der Waals surface area contributed by atoms with Gasteiger partial charge < -0.3 is 14.2 Å².